The Morgan fingerprint density at radius 2 is 2.05 bits per heavy atom. The summed E-state index contributed by atoms with van der Waals surface area (Å²) in [5.74, 6) is 0.633. The Hall–Kier alpha value is -0.870. The molecule has 0 aliphatic heterocycles. The van der Waals surface area contributed by atoms with E-state index in [0.29, 0.717) is 6.42 Å². The van der Waals surface area contributed by atoms with Crippen LogP contribution in [0.4, 0.5) is 0 Å². The highest BCUT2D eigenvalue weighted by atomic mass is 32.1. The van der Waals surface area contributed by atoms with Crippen molar-refractivity contribution in [1.29, 1.82) is 0 Å². The zero-order chi connectivity index (χ0) is 14.1. The number of esters is 1. The molecular formula is C15H25NO2S. The highest BCUT2D eigenvalue weighted by molar-refractivity contribution is 7.12. The molecule has 0 fully saturated rings. The largest absolute Gasteiger partial charge is 0.469 e. The molecule has 0 amide bonds. The normalized spacial score (nSPS) is 10.9. The Morgan fingerprint density at radius 3 is 2.74 bits per heavy atom. The van der Waals surface area contributed by atoms with Crippen molar-refractivity contribution in [1.82, 2.24) is 5.32 Å². The smallest absolute Gasteiger partial charge is 0.310 e. The Morgan fingerprint density at radius 1 is 1.32 bits per heavy atom. The van der Waals surface area contributed by atoms with Crippen LogP contribution in [-0.2, 0) is 22.5 Å². The summed E-state index contributed by atoms with van der Waals surface area (Å²) < 4.78 is 4.66. The number of ether oxygens (including phenoxy) is 1. The van der Waals surface area contributed by atoms with Gasteiger partial charge in [0.1, 0.15) is 0 Å². The molecule has 0 spiro atoms. The minimum Gasteiger partial charge on any atom is -0.469 e. The second-order valence-corrected chi connectivity index (χ2v) is 6.44. The van der Waals surface area contributed by atoms with Gasteiger partial charge in [-0.3, -0.25) is 4.79 Å². The minimum absolute atomic E-state index is 0.171. The van der Waals surface area contributed by atoms with E-state index in [-0.39, 0.29) is 5.97 Å². The third-order valence-electron chi connectivity index (χ3n) is 2.95. The van der Waals surface area contributed by atoms with Crippen LogP contribution in [0.25, 0.3) is 0 Å². The molecule has 108 valence electrons. The summed E-state index contributed by atoms with van der Waals surface area (Å²) in [5.41, 5.74) is 0. The van der Waals surface area contributed by atoms with Gasteiger partial charge in [-0.15, -0.1) is 11.3 Å². The second-order valence-electron chi connectivity index (χ2n) is 5.19. The summed E-state index contributed by atoms with van der Waals surface area (Å²) in [6.45, 7) is 6.49. The lowest BCUT2D eigenvalue weighted by atomic mass is 10.1. The first-order valence-corrected chi connectivity index (χ1v) is 7.78. The average Bonchev–Trinajstić information content (AvgIpc) is 2.80. The van der Waals surface area contributed by atoms with Crippen LogP contribution >= 0.6 is 11.3 Å². The Balaban J connectivity index is 2.14. The molecule has 1 N–H and O–H groups in total. The molecular weight excluding hydrogens is 258 g/mol. The molecule has 19 heavy (non-hydrogen) atoms. The molecule has 4 heteroatoms. The number of rotatable bonds is 9. The van der Waals surface area contributed by atoms with Crippen LogP contribution < -0.4 is 5.32 Å². The molecule has 0 saturated heterocycles. The lowest BCUT2D eigenvalue weighted by molar-refractivity contribution is -0.139. The van der Waals surface area contributed by atoms with E-state index in [1.54, 1.807) is 11.3 Å². The van der Waals surface area contributed by atoms with Crippen LogP contribution in [0.15, 0.2) is 12.1 Å². The molecule has 1 aromatic heterocycles. The third-order valence-corrected chi connectivity index (χ3v) is 4.03. The van der Waals surface area contributed by atoms with Crippen molar-refractivity contribution in [3.05, 3.63) is 21.9 Å². The molecule has 1 aromatic rings. The molecule has 3 nitrogen and oxygen atoms in total. The van der Waals surface area contributed by atoms with Gasteiger partial charge in [0.15, 0.2) is 0 Å². The van der Waals surface area contributed by atoms with E-state index in [1.165, 1.54) is 31.2 Å². The van der Waals surface area contributed by atoms with Gasteiger partial charge in [-0.25, -0.2) is 0 Å². The summed E-state index contributed by atoms with van der Waals surface area (Å²) in [6.07, 6.45) is 4.22. The summed E-state index contributed by atoms with van der Waals surface area (Å²) in [4.78, 5) is 13.5. The zero-order valence-electron chi connectivity index (χ0n) is 12.2. The number of hydrogen-bond donors (Lipinski definition) is 1. The van der Waals surface area contributed by atoms with Crippen molar-refractivity contribution >= 4 is 17.3 Å². The van der Waals surface area contributed by atoms with Gasteiger partial charge in [-0.1, -0.05) is 26.7 Å². The minimum atomic E-state index is -0.171. The van der Waals surface area contributed by atoms with E-state index in [9.17, 15) is 4.79 Å². The number of carbonyl (C=O) groups is 1. The van der Waals surface area contributed by atoms with Crippen LogP contribution in [0.2, 0.25) is 0 Å². The summed E-state index contributed by atoms with van der Waals surface area (Å²) in [5, 5.41) is 3.45. The van der Waals surface area contributed by atoms with Gasteiger partial charge in [-0.05, 0) is 31.0 Å². The van der Waals surface area contributed by atoms with Crippen molar-refractivity contribution in [3.63, 3.8) is 0 Å². The van der Waals surface area contributed by atoms with E-state index < -0.39 is 0 Å². The second kappa shape index (κ2) is 9.10. The molecule has 0 atom stereocenters. The molecule has 0 radical (unpaired) electrons. The van der Waals surface area contributed by atoms with Crippen molar-refractivity contribution in [2.24, 2.45) is 5.92 Å². The van der Waals surface area contributed by atoms with Gasteiger partial charge in [0.05, 0.1) is 13.5 Å². The van der Waals surface area contributed by atoms with Crippen molar-refractivity contribution in [2.45, 2.75) is 46.1 Å². The standard InChI is InChI=1S/C15H25NO2S/c1-12(2)6-4-5-9-16-11-14-8-7-13(19-14)10-15(17)18-3/h7-8,12,16H,4-6,9-11H2,1-3H3. The fraction of sp³-hybridized carbons (Fsp3) is 0.667. The average molecular weight is 283 g/mol. The van der Waals surface area contributed by atoms with E-state index in [4.69, 9.17) is 0 Å². The van der Waals surface area contributed by atoms with Crippen molar-refractivity contribution in [3.8, 4) is 0 Å². The Kier molecular flexibility index (Phi) is 7.75. The maximum absolute atomic E-state index is 11.1. The maximum atomic E-state index is 11.1. The van der Waals surface area contributed by atoms with Gasteiger partial charge in [0.2, 0.25) is 0 Å². The fourth-order valence-electron chi connectivity index (χ4n) is 1.84. The fourth-order valence-corrected chi connectivity index (χ4v) is 2.81. The number of nitrogens with one attached hydrogen (secondary N) is 1. The molecule has 0 unspecified atom stereocenters. The topological polar surface area (TPSA) is 38.3 Å². The molecule has 1 rings (SSSR count). The quantitative estimate of drug-likeness (QED) is 0.558. The summed E-state index contributed by atoms with van der Waals surface area (Å²) in [6, 6.07) is 4.10. The summed E-state index contributed by atoms with van der Waals surface area (Å²) >= 11 is 1.68. The van der Waals surface area contributed by atoms with Gasteiger partial charge >= 0.3 is 5.97 Å². The van der Waals surface area contributed by atoms with Crippen LogP contribution in [0.5, 0.6) is 0 Å². The monoisotopic (exact) mass is 283 g/mol. The molecule has 0 bridgehead atoms. The van der Waals surface area contributed by atoms with Crippen LogP contribution in [0.1, 0.15) is 42.9 Å². The van der Waals surface area contributed by atoms with Crippen molar-refractivity contribution in [2.75, 3.05) is 13.7 Å². The highest BCUT2D eigenvalue weighted by Crippen LogP contribution is 2.17. The van der Waals surface area contributed by atoms with Gasteiger partial charge in [0, 0.05) is 16.3 Å². The highest BCUT2D eigenvalue weighted by Gasteiger charge is 2.05. The van der Waals surface area contributed by atoms with Gasteiger partial charge in [0.25, 0.3) is 0 Å². The molecule has 0 saturated carbocycles. The predicted octanol–water partition coefficient (Wildman–Crippen LogP) is 3.38. The molecule has 0 aliphatic carbocycles. The number of carbonyl (C=O) groups excluding carboxylic acids is 1. The maximum Gasteiger partial charge on any atom is 0.310 e. The molecule has 1 heterocycles. The lowest BCUT2D eigenvalue weighted by Gasteiger charge is -2.05. The number of hydrogen-bond acceptors (Lipinski definition) is 4. The van der Waals surface area contributed by atoms with Crippen LogP contribution in [0, 0.1) is 5.92 Å². The molecule has 0 aromatic carbocycles. The predicted molar refractivity (Wildman–Crippen MR) is 80.4 cm³/mol. The Labute approximate surface area is 120 Å². The zero-order valence-corrected chi connectivity index (χ0v) is 13.0. The SMILES string of the molecule is COC(=O)Cc1ccc(CNCCCCC(C)C)s1. The van der Waals surface area contributed by atoms with Crippen LogP contribution in [-0.4, -0.2) is 19.6 Å². The van der Waals surface area contributed by atoms with E-state index in [2.05, 4.69) is 30.0 Å². The summed E-state index contributed by atoms with van der Waals surface area (Å²) in [7, 11) is 1.43. The van der Waals surface area contributed by atoms with Crippen molar-refractivity contribution < 1.29 is 9.53 Å². The number of thiophene rings is 1. The first kappa shape index (κ1) is 16.2. The van der Waals surface area contributed by atoms with Gasteiger partial charge < -0.3 is 10.1 Å². The van der Waals surface area contributed by atoms with E-state index in [1.807, 2.05) is 6.07 Å². The number of unbranched alkanes of at least 4 members (excludes halogenated alkanes) is 1. The van der Waals surface area contributed by atoms with Gasteiger partial charge in [-0.2, -0.15) is 0 Å². The first-order valence-electron chi connectivity index (χ1n) is 6.97. The third kappa shape index (κ3) is 7.33. The number of methoxy groups -OCH3 is 1. The molecule has 0 aliphatic rings. The van der Waals surface area contributed by atoms with E-state index >= 15 is 0 Å². The lowest BCUT2D eigenvalue weighted by Crippen LogP contribution is -2.13. The van der Waals surface area contributed by atoms with E-state index in [0.717, 1.165) is 23.9 Å². The van der Waals surface area contributed by atoms with Crippen LogP contribution in [0.3, 0.4) is 0 Å². The Bertz CT molecular complexity index is 374. The first-order chi connectivity index (χ1) is 9.11.